The van der Waals surface area contributed by atoms with Gasteiger partial charge in [0.2, 0.25) is 5.91 Å². The molecule has 0 radical (unpaired) electrons. The number of carbonyl (C=O) groups is 1. The van der Waals surface area contributed by atoms with Crippen molar-refractivity contribution in [2.75, 3.05) is 19.5 Å². The molecule has 0 spiro atoms. The number of methoxy groups -OCH3 is 2. The Balaban J connectivity index is 1.65. The van der Waals surface area contributed by atoms with Gasteiger partial charge in [-0.3, -0.25) is 4.79 Å². The Kier molecular flexibility index (Phi) is 6.26. The molecule has 2 aromatic carbocycles. The van der Waals surface area contributed by atoms with E-state index in [9.17, 15) is 4.79 Å². The van der Waals surface area contributed by atoms with Crippen molar-refractivity contribution in [1.29, 1.82) is 0 Å². The molecule has 1 amide bonds. The first-order chi connectivity index (χ1) is 13.6. The number of hydrogen-bond acceptors (Lipinski definition) is 5. The van der Waals surface area contributed by atoms with E-state index in [0.717, 1.165) is 29.2 Å². The fraction of sp³-hybridized carbons (Fsp3) is 0.286. The molecule has 0 fully saturated rings. The van der Waals surface area contributed by atoms with Gasteiger partial charge in [-0.1, -0.05) is 12.1 Å². The number of rotatable bonds is 8. The third-order valence-electron chi connectivity index (χ3n) is 4.41. The zero-order valence-corrected chi connectivity index (χ0v) is 16.3. The molecular weight excluding hydrogens is 356 g/mol. The first kappa shape index (κ1) is 19.4. The molecule has 0 aliphatic rings. The summed E-state index contributed by atoms with van der Waals surface area (Å²) in [5, 5.41) is 11.1. The summed E-state index contributed by atoms with van der Waals surface area (Å²) in [7, 11) is 3.22. The summed E-state index contributed by atoms with van der Waals surface area (Å²) in [5.41, 5.74) is 2.63. The molecule has 1 heterocycles. The quantitative estimate of drug-likeness (QED) is 0.647. The van der Waals surface area contributed by atoms with Crippen LogP contribution in [0.2, 0.25) is 0 Å². The van der Waals surface area contributed by atoms with Crippen LogP contribution in [-0.4, -0.2) is 34.9 Å². The van der Waals surface area contributed by atoms with Crippen molar-refractivity contribution in [3.05, 3.63) is 54.4 Å². The van der Waals surface area contributed by atoms with E-state index in [1.54, 1.807) is 20.5 Å². The van der Waals surface area contributed by atoms with Crippen molar-refractivity contribution in [3.8, 4) is 22.9 Å². The average molecular weight is 380 g/mol. The number of aryl methyl sites for hydroxylation is 2. The summed E-state index contributed by atoms with van der Waals surface area (Å²) >= 11 is 0. The second-order valence-corrected chi connectivity index (χ2v) is 6.29. The Bertz CT molecular complexity index is 930. The highest BCUT2D eigenvalue weighted by Crippen LogP contribution is 2.24. The van der Waals surface area contributed by atoms with Crippen LogP contribution in [0.5, 0.6) is 11.5 Å². The number of amides is 1. The van der Waals surface area contributed by atoms with Gasteiger partial charge in [0.1, 0.15) is 17.8 Å². The van der Waals surface area contributed by atoms with E-state index in [0.29, 0.717) is 24.3 Å². The van der Waals surface area contributed by atoms with Gasteiger partial charge in [-0.25, -0.2) is 0 Å². The number of ether oxygens (including phenoxy) is 2. The molecule has 0 aliphatic heterocycles. The highest BCUT2D eigenvalue weighted by molar-refractivity contribution is 5.91. The largest absolute Gasteiger partial charge is 0.497 e. The van der Waals surface area contributed by atoms with Crippen LogP contribution in [0, 0.1) is 0 Å². The molecule has 7 heteroatoms. The number of anilines is 1. The van der Waals surface area contributed by atoms with Crippen molar-refractivity contribution in [2.24, 2.45) is 0 Å². The summed E-state index contributed by atoms with van der Waals surface area (Å²) in [6.07, 6.45) is 2.64. The third-order valence-corrected chi connectivity index (χ3v) is 4.41. The zero-order valence-electron chi connectivity index (χ0n) is 16.3. The topological polar surface area (TPSA) is 78.3 Å². The van der Waals surface area contributed by atoms with E-state index in [2.05, 4.69) is 15.5 Å². The maximum atomic E-state index is 12.4. The maximum absolute atomic E-state index is 12.4. The second kappa shape index (κ2) is 9.03. The van der Waals surface area contributed by atoms with Gasteiger partial charge < -0.3 is 19.4 Å². The van der Waals surface area contributed by atoms with E-state index >= 15 is 0 Å². The predicted octanol–water partition coefficient (Wildman–Crippen LogP) is 3.55. The lowest BCUT2D eigenvalue weighted by Gasteiger charge is -2.10. The Morgan fingerprint density at radius 3 is 2.54 bits per heavy atom. The number of carbonyl (C=O) groups excluding carboxylic acids is 1. The standard InChI is InChI=1S/C21H24N4O3/c1-4-25-14-22-24-21(25)16-6-5-7-17(12-16)23-20(26)9-8-15-10-18(27-2)13-19(11-15)28-3/h5-7,10-14H,4,8-9H2,1-3H3,(H,23,26). The Hall–Kier alpha value is -3.35. The van der Waals surface area contributed by atoms with E-state index in [4.69, 9.17) is 9.47 Å². The van der Waals surface area contributed by atoms with Crippen LogP contribution < -0.4 is 14.8 Å². The van der Waals surface area contributed by atoms with Gasteiger partial charge in [0.25, 0.3) is 0 Å². The van der Waals surface area contributed by atoms with Gasteiger partial charge in [0.05, 0.1) is 14.2 Å². The predicted molar refractivity (Wildman–Crippen MR) is 108 cm³/mol. The van der Waals surface area contributed by atoms with Crippen LogP contribution in [0.15, 0.2) is 48.8 Å². The number of hydrogen-bond donors (Lipinski definition) is 1. The second-order valence-electron chi connectivity index (χ2n) is 6.29. The van der Waals surface area contributed by atoms with Crippen LogP contribution >= 0.6 is 0 Å². The van der Waals surface area contributed by atoms with Crippen LogP contribution in [0.3, 0.4) is 0 Å². The van der Waals surface area contributed by atoms with Crippen molar-refractivity contribution in [3.63, 3.8) is 0 Å². The van der Waals surface area contributed by atoms with Gasteiger partial charge in [-0.05, 0) is 43.2 Å². The van der Waals surface area contributed by atoms with E-state index in [1.165, 1.54) is 0 Å². The first-order valence-corrected chi connectivity index (χ1v) is 9.13. The summed E-state index contributed by atoms with van der Waals surface area (Å²) in [6.45, 7) is 2.81. The van der Waals surface area contributed by atoms with E-state index < -0.39 is 0 Å². The van der Waals surface area contributed by atoms with Gasteiger partial charge in [0, 0.05) is 30.3 Å². The van der Waals surface area contributed by atoms with Crippen molar-refractivity contribution < 1.29 is 14.3 Å². The molecule has 0 saturated carbocycles. The molecule has 0 atom stereocenters. The lowest BCUT2D eigenvalue weighted by Crippen LogP contribution is -2.12. The molecule has 146 valence electrons. The van der Waals surface area contributed by atoms with Gasteiger partial charge in [-0.2, -0.15) is 0 Å². The molecule has 0 aliphatic carbocycles. The van der Waals surface area contributed by atoms with Crippen LogP contribution in [0.4, 0.5) is 5.69 Å². The fourth-order valence-corrected chi connectivity index (χ4v) is 2.94. The molecule has 7 nitrogen and oxygen atoms in total. The molecule has 1 N–H and O–H groups in total. The van der Waals surface area contributed by atoms with Crippen LogP contribution in [0.1, 0.15) is 18.9 Å². The number of benzene rings is 2. The zero-order chi connectivity index (χ0) is 19.9. The molecule has 28 heavy (non-hydrogen) atoms. The fourth-order valence-electron chi connectivity index (χ4n) is 2.94. The Morgan fingerprint density at radius 1 is 1.11 bits per heavy atom. The molecule has 1 aromatic heterocycles. The SMILES string of the molecule is CCn1cnnc1-c1cccc(NC(=O)CCc2cc(OC)cc(OC)c2)c1. The molecular formula is C21H24N4O3. The van der Waals surface area contributed by atoms with Gasteiger partial charge in [0.15, 0.2) is 5.82 Å². The van der Waals surface area contributed by atoms with Crippen molar-refractivity contribution in [2.45, 2.75) is 26.3 Å². The highest BCUT2D eigenvalue weighted by Gasteiger charge is 2.09. The molecule has 3 aromatic rings. The lowest BCUT2D eigenvalue weighted by molar-refractivity contribution is -0.116. The summed E-state index contributed by atoms with van der Waals surface area (Å²) in [5.74, 6) is 2.14. The first-order valence-electron chi connectivity index (χ1n) is 9.13. The maximum Gasteiger partial charge on any atom is 0.224 e. The van der Waals surface area contributed by atoms with Gasteiger partial charge >= 0.3 is 0 Å². The Labute approximate surface area is 164 Å². The molecule has 0 bridgehead atoms. The smallest absolute Gasteiger partial charge is 0.224 e. The number of nitrogens with zero attached hydrogens (tertiary/aromatic N) is 3. The highest BCUT2D eigenvalue weighted by atomic mass is 16.5. The summed E-state index contributed by atoms with van der Waals surface area (Å²) < 4.78 is 12.5. The molecule has 0 saturated heterocycles. The normalized spacial score (nSPS) is 10.5. The molecule has 3 rings (SSSR count). The van der Waals surface area contributed by atoms with E-state index in [1.807, 2.05) is 54.0 Å². The van der Waals surface area contributed by atoms with E-state index in [-0.39, 0.29) is 5.91 Å². The minimum atomic E-state index is -0.0594. The van der Waals surface area contributed by atoms with Crippen molar-refractivity contribution >= 4 is 11.6 Å². The summed E-state index contributed by atoms with van der Waals surface area (Å²) in [6, 6.07) is 13.2. The number of nitrogens with one attached hydrogen (secondary N) is 1. The minimum Gasteiger partial charge on any atom is -0.497 e. The summed E-state index contributed by atoms with van der Waals surface area (Å²) in [4.78, 5) is 12.4. The monoisotopic (exact) mass is 380 g/mol. The minimum absolute atomic E-state index is 0.0594. The van der Waals surface area contributed by atoms with Crippen LogP contribution in [-0.2, 0) is 17.8 Å². The van der Waals surface area contributed by atoms with Crippen LogP contribution in [0.25, 0.3) is 11.4 Å². The Morgan fingerprint density at radius 2 is 1.86 bits per heavy atom. The molecule has 0 unspecified atom stereocenters. The average Bonchev–Trinajstić information content (AvgIpc) is 3.21. The lowest BCUT2D eigenvalue weighted by atomic mass is 10.1. The number of aromatic nitrogens is 3. The van der Waals surface area contributed by atoms with Crippen molar-refractivity contribution in [1.82, 2.24) is 14.8 Å². The third kappa shape index (κ3) is 4.68. The van der Waals surface area contributed by atoms with Gasteiger partial charge in [-0.15, -0.1) is 10.2 Å².